The van der Waals surface area contributed by atoms with E-state index in [0.29, 0.717) is 34.8 Å². The Bertz CT molecular complexity index is 1950. The Kier molecular flexibility index (Phi) is 8.74. The smallest absolute Gasteiger partial charge is 0.248 e. The number of aryl methyl sites for hydroxylation is 2. The van der Waals surface area contributed by atoms with E-state index in [0.717, 1.165) is 78.1 Å². The number of hydrogen-bond donors (Lipinski definition) is 1. The van der Waals surface area contributed by atoms with Gasteiger partial charge >= 0.3 is 0 Å². The van der Waals surface area contributed by atoms with Gasteiger partial charge in [-0.3, -0.25) is 19.1 Å². The number of fused-ring (bicyclic) bond motifs is 4. The van der Waals surface area contributed by atoms with E-state index in [1.807, 2.05) is 25.1 Å². The predicted octanol–water partition coefficient (Wildman–Crippen LogP) is 6.79. The molecule has 1 saturated heterocycles. The van der Waals surface area contributed by atoms with Gasteiger partial charge in [0.05, 0.1) is 5.52 Å². The van der Waals surface area contributed by atoms with Crippen LogP contribution in [0.25, 0.3) is 22.0 Å². The zero-order valence-electron chi connectivity index (χ0n) is 27.6. The van der Waals surface area contributed by atoms with Crippen molar-refractivity contribution in [2.24, 2.45) is 5.41 Å². The lowest BCUT2D eigenvalue weighted by atomic mass is 9.96. The van der Waals surface area contributed by atoms with E-state index in [2.05, 4.69) is 61.3 Å². The number of carbonyl (C=O) groups excluding carboxylic acids is 3. The summed E-state index contributed by atoms with van der Waals surface area (Å²) in [7, 11) is 0. The van der Waals surface area contributed by atoms with Crippen LogP contribution in [0.5, 0.6) is 0 Å². The maximum Gasteiger partial charge on any atom is 0.248 e. The topological polar surface area (TPSA) is 123 Å². The largest absolute Gasteiger partial charge is 0.325 e. The minimum absolute atomic E-state index is 0.0156. The summed E-state index contributed by atoms with van der Waals surface area (Å²) in [6.07, 6.45) is 16.0. The number of pyridine rings is 1. The van der Waals surface area contributed by atoms with Gasteiger partial charge in [-0.25, -0.2) is 15.0 Å². The van der Waals surface area contributed by atoms with Crippen LogP contribution in [0.3, 0.4) is 0 Å². The van der Waals surface area contributed by atoms with Crippen LogP contribution >= 0.6 is 15.9 Å². The molecule has 10 nitrogen and oxygen atoms in total. The lowest BCUT2D eigenvalue weighted by Crippen LogP contribution is -2.47. The second-order valence-electron chi connectivity index (χ2n) is 13.8. The van der Waals surface area contributed by atoms with Crippen LogP contribution in [0.2, 0.25) is 0 Å². The Balaban J connectivity index is 1.29. The van der Waals surface area contributed by atoms with Gasteiger partial charge < -0.3 is 10.2 Å². The number of hydrogen-bond acceptors (Lipinski definition) is 7. The van der Waals surface area contributed by atoms with Crippen LogP contribution in [0.4, 0.5) is 5.82 Å². The molecule has 3 atom stereocenters. The van der Waals surface area contributed by atoms with Gasteiger partial charge in [-0.1, -0.05) is 38.0 Å². The average molecular weight is 711 g/mol. The Hall–Kier alpha value is -4.25. The predicted molar refractivity (Wildman–Crippen MR) is 187 cm³/mol. The summed E-state index contributed by atoms with van der Waals surface area (Å²) in [4.78, 5) is 56.4. The summed E-state index contributed by atoms with van der Waals surface area (Å²) >= 11 is 3.46. The van der Waals surface area contributed by atoms with E-state index >= 15 is 0 Å². The number of amides is 2. The number of halogens is 1. The van der Waals surface area contributed by atoms with E-state index in [9.17, 15) is 14.4 Å². The summed E-state index contributed by atoms with van der Waals surface area (Å²) in [5, 5.41) is 8.55. The van der Waals surface area contributed by atoms with Gasteiger partial charge in [0.15, 0.2) is 5.78 Å². The van der Waals surface area contributed by atoms with E-state index in [1.165, 1.54) is 6.92 Å². The molecule has 1 saturated carbocycles. The highest BCUT2D eigenvalue weighted by atomic mass is 79.9. The number of benzene rings is 1. The number of Topliss-reactive ketones (excluding diaryl/α,β-unsaturated/α-hetero) is 1. The second kappa shape index (κ2) is 13.0. The third-order valence-corrected chi connectivity index (χ3v) is 10.6. The minimum atomic E-state index is -0.627. The van der Waals surface area contributed by atoms with E-state index in [-0.39, 0.29) is 35.6 Å². The molecule has 2 fully saturated rings. The fourth-order valence-corrected chi connectivity index (χ4v) is 7.75. The number of carbonyl (C=O) groups is 3. The zero-order chi connectivity index (χ0) is 33.6. The molecular formula is C37H40BrN7O3. The van der Waals surface area contributed by atoms with E-state index in [1.54, 1.807) is 22.0 Å². The first-order chi connectivity index (χ1) is 23.1. The summed E-state index contributed by atoms with van der Waals surface area (Å²) in [5.41, 5.74) is 4.76. The number of piperidine rings is 1. The molecule has 0 unspecified atom stereocenters. The SMILES string of the molecule is CC(=O)c1nn2c3c(cc(-c4cnc(C)nc4)cc13)CCCCCC/C=C\Cc1ccc(Br)nc1NC(=O)[C@@H]1C[C@@]3(C)C[C@H]3N1C(=O)C2. The highest BCUT2D eigenvalue weighted by Crippen LogP contribution is 2.59. The number of aromatic nitrogens is 5. The Morgan fingerprint density at radius 2 is 1.79 bits per heavy atom. The lowest BCUT2D eigenvalue weighted by molar-refractivity contribution is -0.138. The number of rotatable bonds is 2. The molecule has 2 amide bonds. The third-order valence-electron chi connectivity index (χ3n) is 10.1. The zero-order valence-corrected chi connectivity index (χ0v) is 29.2. The number of anilines is 1. The van der Waals surface area contributed by atoms with Crippen molar-refractivity contribution >= 4 is 50.2 Å². The average Bonchev–Trinajstić information content (AvgIpc) is 3.41. The van der Waals surface area contributed by atoms with Gasteiger partial charge in [0.25, 0.3) is 0 Å². The van der Waals surface area contributed by atoms with Crippen molar-refractivity contribution in [3.8, 4) is 11.1 Å². The van der Waals surface area contributed by atoms with Gasteiger partial charge in [0, 0.05) is 36.3 Å². The maximum atomic E-state index is 14.3. The molecule has 1 aliphatic carbocycles. The van der Waals surface area contributed by atoms with Crippen LogP contribution in [0, 0.1) is 12.3 Å². The minimum Gasteiger partial charge on any atom is -0.325 e. The van der Waals surface area contributed by atoms with Gasteiger partial charge in [-0.15, -0.1) is 0 Å². The summed E-state index contributed by atoms with van der Waals surface area (Å²) in [6.45, 7) is 5.44. The number of nitrogens with zero attached hydrogens (tertiary/aromatic N) is 6. The van der Waals surface area contributed by atoms with Crippen molar-refractivity contribution < 1.29 is 14.4 Å². The molecule has 1 N–H and O–H groups in total. The molecule has 0 spiro atoms. The summed E-state index contributed by atoms with van der Waals surface area (Å²) < 4.78 is 2.33. The highest BCUT2D eigenvalue weighted by Gasteiger charge is 2.64. The first kappa shape index (κ1) is 32.3. The molecule has 4 aromatic rings. The van der Waals surface area contributed by atoms with Crippen molar-refractivity contribution in [3.63, 3.8) is 0 Å². The van der Waals surface area contributed by atoms with Gasteiger partial charge in [0.2, 0.25) is 11.8 Å². The first-order valence-electron chi connectivity index (χ1n) is 16.9. The van der Waals surface area contributed by atoms with Crippen LogP contribution in [-0.2, 0) is 29.0 Å². The maximum absolute atomic E-state index is 14.3. The molecular weight excluding hydrogens is 670 g/mol. The highest BCUT2D eigenvalue weighted by molar-refractivity contribution is 9.10. The van der Waals surface area contributed by atoms with E-state index in [4.69, 9.17) is 5.10 Å². The molecule has 48 heavy (non-hydrogen) atoms. The number of allylic oxidation sites excluding steroid dienone is 2. The van der Waals surface area contributed by atoms with Crippen LogP contribution < -0.4 is 5.32 Å². The molecule has 11 heteroatoms. The van der Waals surface area contributed by atoms with Gasteiger partial charge in [-0.05, 0) is 108 Å². The van der Waals surface area contributed by atoms with Crippen molar-refractivity contribution in [3.05, 3.63) is 76.1 Å². The second-order valence-corrected chi connectivity index (χ2v) is 14.6. The van der Waals surface area contributed by atoms with Crippen LogP contribution in [-0.4, -0.2) is 59.3 Å². The van der Waals surface area contributed by atoms with Crippen LogP contribution in [0.15, 0.2) is 53.4 Å². The van der Waals surface area contributed by atoms with Crippen LogP contribution in [0.1, 0.15) is 86.2 Å². The summed E-state index contributed by atoms with van der Waals surface area (Å²) in [6, 6.07) is 7.31. The lowest BCUT2D eigenvalue weighted by Gasteiger charge is -2.27. The van der Waals surface area contributed by atoms with Gasteiger partial charge in [0.1, 0.15) is 34.5 Å². The molecule has 7 rings (SSSR count). The van der Waals surface area contributed by atoms with E-state index < -0.39 is 6.04 Å². The number of nitrogens with one attached hydrogen (secondary N) is 1. The molecule has 2 aliphatic heterocycles. The number of ketones is 1. The first-order valence-corrected chi connectivity index (χ1v) is 17.7. The fourth-order valence-electron chi connectivity index (χ4n) is 7.44. The molecule has 248 valence electrons. The third kappa shape index (κ3) is 6.32. The molecule has 0 radical (unpaired) electrons. The van der Waals surface area contributed by atoms with Crippen molar-refractivity contribution in [2.75, 3.05) is 5.32 Å². The van der Waals surface area contributed by atoms with Gasteiger partial charge in [-0.2, -0.15) is 5.10 Å². The Morgan fingerprint density at radius 1 is 1.00 bits per heavy atom. The quantitative estimate of drug-likeness (QED) is 0.138. The molecule has 0 bridgehead atoms. The summed E-state index contributed by atoms with van der Waals surface area (Å²) in [5.74, 6) is 0.615. The van der Waals surface area contributed by atoms with Crippen molar-refractivity contribution in [1.29, 1.82) is 0 Å². The standard InChI is InChI=1S/C37H40BrN7O3/c1-22(46)33-28-16-26(27-19-39-23(2)40-20-27)15-25-12-10-8-6-4-5-7-9-11-24-13-14-31(38)41-35(24)42-36(48)29-17-37(3)18-30(37)45(29)32(47)21-44(43-33)34(25)28/h7,9,13-16,19-20,29-30H,4-6,8,10-12,17-18,21H2,1-3H3,(H,41,42,48)/b9-7-/t29-,30+,37-/m0/s1. The molecule has 3 aromatic heterocycles. The molecule has 5 heterocycles. The normalized spacial score (nSPS) is 24.0. The van der Waals surface area contributed by atoms with Crippen molar-refractivity contribution in [1.82, 2.24) is 29.6 Å². The molecule has 1 aromatic carbocycles. The Labute approximate surface area is 288 Å². The Morgan fingerprint density at radius 3 is 2.58 bits per heavy atom. The monoisotopic (exact) mass is 709 g/mol. The molecule has 3 aliphatic rings. The van der Waals surface area contributed by atoms with Crippen molar-refractivity contribution in [2.45, 2.75) is 97.2 Å². The fraction of sp³-hybridized carbons (Fsp3) is 0.432.